The summed E-state index contributed by atoms with van der Waals surface area (Å²) in [7, 11) is 0. The second-order valence-electron chi connectivity index (χ2n) is 7.55. The monoisotopic (exact) mass is 257 g/mol. The van der Waals surface area contributed by atoms with Gasteiger partial charge in [0.15, 0.2) is 0 Å². The van der Waals surface area contributed by atoms with Gasteiger partial charge in [0.25, 0.3) is 0 Å². The van der Waals surface area contributed by atoms with Crippen LogP contribution in [0, 0.1) is 17.3 Å². The van der Waals surface area contributed by atoms with Crippen LogP contribution < -0.4 is 5.32 Å². The van der Waals surface area contributed by atoms with Crippen molar-refractivity contribution in [2.24, 2.45) is 17.3 Å². The van der Waals surface area contributed by atoms with E-state index in [1.165, 1.54) is 12.8 Å². The molecule has 2 heteroatoms. The van der Waals surface area contributed by atoms with Crippen LogP contribution in [-0.2, 0) is 0 Å². The van der Waals surface area contributed by atoms with Crippen LogP contribution in [0.2, 0.25) is 0 Å². The highest BCUT2D eigenvalue weighted by molar-refractivity contribution is 4.84. The van der Waals surface area contributed by atoms with Crippen molar-refractivity contribution in [2.45, 2.75) is 79.8 Å². The number of aliphatic hydroxyl groups excluding tert-OH is 1. The summed E-state index contributed by atoms with van der Waals surface area (Å²) in [6, 6.07) is 0.964. The van der Waals surface area contributed by atoms with E-state index in [-0.39, 0.29) is 12.0 Å². The maximum absolute atomic E-state index is 9.24. The Morgan fingerprint density at radius 2 is 1.39 bits per heavy atom. The van der Waals surface area contributed by atoms with Crippen molar-refractivity contribution in [3.63, 3.8) is 0 Å². The van der Waals surface area contributed by atoms with E-state index in [1.807, 2.05) is 0 Å². The van der Waals surface area contributed by atoms with Gasteiger partial charge in [0.1, 0.15) is 0 Å². The van der Waals surface area contributed by atoms with Crippen LogP contribution in [0.3, 0.4) is 0 Å². The molecule has 0 aromatic carbocycles. The second-order valence-corrected chi connectivity index (χ2v) is 7.55. The molecule has 0 heterocycles. The summed E-state index contributed by atoms with van der Waals surface area (Å²) in [5.41, 5.74) is 0.203. The van der Waals surface area contributed by atoms with Crippen molar-refractivity contribution in [2.75, 3.05) is 6.61 Å². The Hall–Kier alpha value is -0.0800. The number of hydrogen-bond donors (Lipinski definition) is 2. The smallest absolute Gasteiger partial charge is 0.0446 e. The van der Waals surface area contributed by atoms with Gasteiger partial charge in [-0.3, -0.25) is 0 Å². The lowest BCUT2D eigenvalue weighted by atomic mass is 9.83. The van der Waals surface area contributed by atoms with Crippen molar-refractivity contribution >= 4 is 0 Å². The lowest BCUT2D eigenvalue weighted by molar-refractivity contribution is 0.173. The normalized spacial score (nSPS) is 14.8. The first-order valence-electron chi connectivity index (χ1n) is 7.53. The number of hydrogen-bond acceptors (Lipinski definition) is 2. The standard InChI is InChI=1S/C16H35NO/c1-12(2)10-14(11-13(3)4)17-15(8-9-18)16(5,6)7/h12-15,17-18H,8-11H2,1-7H3. The van der Waals surface area contributed by atoms with Crippen molar-refractivity contribution < 1.29 is 5.11 Å². The lowest BCUT2D eigenvalue weighted by Crippen LogP contribution is -2.47. The summed E-state index contributed by atoms with van der Waals surface area (Å²) < 4.78 is 0. The highest BCUT2D eigenvalue weighted by Gasteiger charge is 2.26. The molecule has 18 heavy (non-hydrogen) atoms. The highest BCUT2D eigenvalue weighted by Crippen LogP contribution is 2.24. The fourth-order valence-electron chi connectivity index (χ4n) is 2.55. The van der Waals surface area contributed by atoms with Gasteiger partial charge in [-0.05, 0) is 36.5 Å². The molecule has 0 amide bonds. The number of nitrogens with one attached hydrogen (secondary N) is 1. The number of rotatable bonds is 8. The van der Waals surface area contributed by atoms with Crippen molar-refractivity contribution in [1.82, 2.24) is 5.32 Å². The van der Waals surface area contributed by atoms with Crippen molar-refractivity contribution in [3.05, 3.63) is 0 Å². The SMILES string of the molecule is CC(C)CC(CC(C)C)NC(CCO)C(C)(C)C. The van der Waals surface area contributed by atoms with Crippen molar-refractivity contribution in [3.8, 4) is 0 Å². The molecule has 2 N–H and O–H groups in total. The largest absolute Gasteiger partial charge is 0.396 e. The zero-order valence-electron chi connectivity index (χ0n) is 13.6. The first-order valence-corrected chi connectivity index (χ1v) is 7.53. The summed E-state index contributed by atoms with van der Waals surface area (Å²) in [5, 5.41) is 13.0. The Balaban J connectivity index is 4.58. The lowest BCUT2D eigenvalue weighted by Gasteiger charge is -2.36. The minimum absolute atomic E-state index is 0.203. The van der Waals surface area contributed by atoms with Gasteiger partial charge < -0.3 is 10.4 Å². The van der Waals surface area contributed by atoms with E-state index in [4.69, 9.17) is 0 Å². The Kier molecular flexibility index (Phi) is 8.13. The Morgan fingerprint density at radius 1 is 0.944 bits per heavy atom. The molecule has 1 atom stereocenters. The van der Waals surface area contributed by atoms with Gasteiger partial charge in [-0.1, -0.05) is 48.5 Å². The summed E-state index contributed by atoms with van der Waals surface area (Å²) in [6.07, 6.45) is 3.28. The third-order valence-electron chi connectivity index (χ3n) is 3.41. The molecule has 0 aromatic rings. The van der Waals surface area contributed by atoms with E-state index >= 15 is 0 Å². The van der Waals surface area contributed by atoms with Crippen LogP contribution >= 0.6 is 0 Å². The van der Waals surface area contributed by atoms with E-state index in [2.05, 4.69) is 53.8 Å². The average molecular weight is 257 g/mol. The van der Waals surface area contributed by atoms with Crippen LogP contribution in [0.4, 0.5) is 0 Å². The molecular weight excluding hydrogens is 222 g/mol. The first kappa shape index (κ1) is 17.9. The third-order valence-corrected chi connectivity index (χ3v) is 3.41. The van der Waals surface area contributed by atoms with Gasteiger partial charge >= 0.3 is 0 Å². The maximum atomic E-state index is 9.24. The fourth-order valence-corrected chi connectivity index (χ4v) is 2.55. The molecule has 0 aliphatic carbocycles. The molecule has 0 spiro atoms. The predicted octanol–water partition coefficient (Wildman–Crippen LogP) is 3.83. The van der Waals surface area contributed by atoms with E-state index < -0.39 is 0 Å². The molecule has 110 valence electrons. The quantitative estimate of drug-likeness (QED) is 0.692. The molecule has 0 aliphatic rings. The van der Waals surface area contributed by atoms with Gasteiger partial charge in [0.2, 0.25) is 0 Å². The minimum Gasteiger partial charge on any atom is -0.396 e. The number of aliphatic hydroxyl groups is 1. The molecule has 0 fully saturated rings. The summed E-state index contributed by atoms with van der Waals surface area (Å²) >= 11 is 0. The summed E-state index contributed by atoms with van der Waals surface area (Å²) in [6.45, 7) is 16.2. The fraction of sp³-hybridized carbons (Fsp3) is 1.00. The van der Waals surface area contributed by atoms with E-state index in [0.717, 1.165) is 18.3 Å². The van der Waals surface area contributed by atoms with Crippen LogP contribution in [0.5, 0.6) is 0 Å². The zero-order chi connectivity index (χ0) is 14.3. The second kappa shape index (κ2) is 8.16. The average Bonchev–Trinajstić information content (AvgIpc) is 2.13. The van der Waals surface area contributed by atoms with Gasteiger partial charge in [-0.15, -0.1) is 0 Å². The molecule has 0 radical (unpaired) electrons. The maximum Gasteiger partial charge on any atom is 0.0446 e. The zero-order valence-corrected chi connectivity index (χ0v) is 13.6. The molecule has 0 aromatic heterocycles. The van der Waals surface area contributed by atoms with Crippen LogP contribution in [0.15, 0.2) is 0 Å². The van der Waals surface area contributed by atoms with Gasteiger partial charge in [-0.2, -0.15) is 0 Å². The van der Waals surface area contributed by atoms with Crippen LogP contribution in [0.1, 0.15) is 67.7 Å². The topological polar surface area (TPSA) is 32.3 Å². The van der Waals surface area contributed by atoms with E-state index in [1.54, 1.807) is 0 Å². The van der Waals surface area contributed by atoms with Crippen LogP contribution in [0.25, 0.3) is 0 Å². The first-order chi connectivity index (χ1) is 8.16. The van der Waals surface area contributed by atoms with Crippen LogP contribution in [-0.4, -0.2) is 23.8 Å². The Morgan fingerprint density at radius 3 is 1.67 bits per heavy atom. The molecule has 0 rings (SSSR count). The summed E-state index contributed by atoms with van der Waals surface area (Å²) in [4.78, 5) is 0. The van der Waals surface area contributed by atoms with Gasteiger partial charge in [0, 0.05) is 18.7 Å². The molecule has 1 unspecified atom stereocenters. The third kappa shape index (κ3) is 8.10. The Labute approximate surface area is 115 Å². The molecular formula is C16H35NO. The molecule has 0 saturated carbocycles. The van der Waals surface area contributed by atoms with E-state index in [0.29, 0.717) is 12.1 Å². The highest BCUT2D eigenvalue weighted by atomic mass is 16.3. The summed E-state index contributed by atoms with van der Waals surface area (Å²) in [5.74, 6) is 1.44. The van der Waals surface area contributed by atoms with Crippen molar-refractivity contribution in [1.29, 1.82) is 0 Å². The van der Waals surface area contributed by atoms with E-state index in [9.17, 15) is 5.11 Å². The predicted molar refractivity (Wildman–Crippen MR) is 80.8 cm³/mol. The molecule has 2 nitrogen and oxygen atoms in total. The van der Waals surface area contributed by atoms with Gasteiger partial charge in [0.05, 0.1) is 0 Å². The van der Waals surface area contributed by atoms with Gasteiger partial charge in [-0.25, -0.2) is 0 Å². The Bertz CT molecular complexity index is 196. The minimum atomic E-state index is 0.203. The molecule has 0 saturated heterocycles. The molecule has 0 aliphatic heterocycles. The molecule has 0 bridgehead atoms.